The summed E-state index contributed by atoms with van der Waals surface area (Å²) in [4.78, 5) is 14.3. The Morgan fingerprint density at radius 1 is 0.718 bits per heavy atom. The highest BCUT2D eigenvalue weighted by Gasteiger charge is 2.27. The third kappa shape index (κ3) is 3.86. The Kier molecular flexibility index (Phi) is 5.77. The van der Waals surface area contributed by atoms with Crippen LogP contribution in [0.1, 0.15) is 75.1 Å². The number of nitrogens with zero attached hydrogens (tertiary/aromatic N) is 2. The Hall–Kier alpha value is -3.98. The number of nitrogens with one attached hydrogen (secondary N) is 1. The summed E-state index contributed by atoms with van der Waals surface area (Å²) in [6, 6.07) is 13.2. The fourth-order valence-corrected chi connectivity index (χ4v) is 6.89. The average Bonchev–Trinajstić information content (AvgIpc) is 3.56. The number of aliphatic imine (C=N–C) groups is 2. The molecule has 1 N–H and O–H groups in total. The SMILES string of the molecule is CCC1=C(C)C2=Cc3cc(c4cccccc3-4)C=c3[nH]c(c(CC)c3C)=CC3=NC(=CC1=N2)C1=C3CCCC1. The Morgan fingerprint density at radius 2 is 1.44 bits per heavy atom. The van der Waals surface area contributed by atoms with Crippen LogP contribution >= 0.6 is 0 Å². The van der Waals surface area contributed by atoms with Crippen molar-refractivity contribution >= 4 is 29.7 Å². The fourth-order valence-electron chi connectivity index (χ4n) is 6.89. The maximum atomic E-state index is 5.27. The Bertz CT molecular complexity index is 1830. The number of rotatable bonds is 2. The summed E-state index contributed by atoms with van der Waals surface area (Å²) < 4.78 is 0. The zero-order chi connectivity index (χ0) is 26.7. The van der Waals surface area contributed by atoms with E-state index in [4.69, 9.17) is 9.98 Å². The second-order valence-electron chi connectivity index (χ2n) is 11.2. The molecular formula is C36H35N3. The van der Waals surface area contributed by atoms with Gasteiger partial charge in [-0.3, -0.25) is 0 Å². The molecule has 0 amide bonds. The van der Waals surface area contributed by atoms with Gasteiger partial charge in [0, 0.05) is 10.7 Å². The van der Waals surface area contributed by atoms with Gasteiger partial charge in [0.1, 0.15) is 0 Å². The number of hydrogen-bond acceptors (Lipinski definition) is 2. The number of hydrogen-bond donors (Lipinski definition) is 1. The minimum absolute atomic E-state index is 0.959. The predicted molar refractivity (Wildman–Crippen MR) is 165 cm³/mol. The monoisotopic (exact) mass is 509 g/mol. The zero-order valence-corrected chi connectivity index (χ0v) is 23.4. The summed E-state index contributed by atoms with van der Waals surface area (Å²) >= 11 is 0. The second kappa shape index (κ2) is 9.34. The molecule has 7 rings (SSSR count). The topological polar surface area (TPSA) is 40.5 Å². The Morgan fingerprint density at radius 3 is 2.18 bits per heavy atom. The molecule has 0 aromatic carbocycles. The van der Waals surface area contributed by atoms with Gasteiger partial charge in [-0.05, 0) is 138 Å². The first-order chi connectivity index (χ1) is 19.1. The molecule has 194 valence electrons. The van der Waals surface area contributed by atoms with E-state index >= 15 is 0 Å². The minimum atomic E-state index is 0.959. The van der Waals surface area contributed by atoms with E-state index < -0.39 is 0 Å². The summed E-state index contributed by atoms with van der Waals surface area (Å²) in [5, 5.41) is 2.37. The van der Waals surface area contributed by atoms with Gasteiger partial charge >= 0.3 is 0 Å². The van der Waals surface area contributed by atoms with Crippen molar-refractivity contribution in [2.75, 3.05) is 0 Å². The zero-order valence-electron chi connectivity index (χ0n) is 23.4. The van der Waals surface area contributed by atoms with E-state index in [0.717, 1.165) is 48.5 Å². The van der Waals surface area contributed by atoms with Gasteiger partial charge in [0.15, 0.2) is 0 Å². The van der Waals surface area contributed by atoms with Crippen LogP contribution in [-0.4, -0.2) is 16.4 Å². The van der Waals surface area contributed by atoms with Crippen molar-refractivity contribution in [3.8, 4) is 11.1 Å². The molecule has 3 aliphatic heterocycles. The van der Waals surface area contributed by atoms with Gasteiger partial charge in [-0.15, -0.1) is 0 Å². The van der Waals surface area contributed by atoms with Crippen LogP contribution in [0.2, 0.25) is 0 Å². The summed E-state index contributed by atoms with van der Waals surface area (Å²) in [5.41, 5.74) is 17.5. The normalized spacial score (nSPS) is 18.4. The van der Waals surface area contributed by atoms with E-state index in [2.05, 4.69) is 93.4 Å². The highest BCUT2D eigenvalue weighted by atomic mass is 14.8. The lowest BCUT2D eigenvalue weighted by Gasteiger charge is -2.14. The molecule has 0 atom stereocenters. The molecule has 6 aliphatic rings. The maximum Gasteiger partial charge on any atom is 0.0694 e. The van der Waals surface area contributed by atoms with Crippen molar-refractivity contribution in [3.05, 3.63) is 109 Å². The van der Waals surface area contributed by atoms with Gasteiger partial charge in [0.25, 0.3) is 0 Å². The smallest absolute Gasteiger partial charge is 0.0694 e. The molecule has 1 aromatic heterocycles. The molecule has 3 heteroatoms. The van der Waals surface area contributed by atoms with E-state index in [9.17, 15) is 0 Å². The van der Waals surface area contributed by atoms with Crippen LogP contribution in [0, 0.1) is 6.92 Å². The van der Waals surface area contributed by atoms with Gasteiger partial charge in [-0.1, -0.05) is 44.2 Å². The number of allylic oxidation sites excluding steroid dienone is 5. The van der Waals surface area contributed by atoms with Crippen molar-refractivity contribution in [3.63, 3.8) is 0 Å². The maximum absolute atomic E-state index is 5.27. The summed E-state index contributed by atoms with van der Waals surface area (Å²) in [6.45, 7) is 8.97. The molecule has 0 saturated heterocycles. The highest BCUT2D eigenvalue weighted by molar-refractivity contribution is 6.24. The molecule has 3 nitrogen and oxygen atoms in total. The molecule has 4 heterocycles. The van der Waals surface area contributed by atoms with E-state index in [1.54, 1.807) is 0 Å². The van der Waals surface area contributed by atoms with Crippen molar-refractivity contribution in [1.82, 2.24) is 4.98 Å². The molecule has 39 heavy (non-hydrogen) atoms. The molecular weight excluding hydrogens is 474 g/mol. The fraction of sp³-hybridized carbons (Fsp3) is 0.278. The third-order valence-electron chi connectivity index (χ3n) is 8.99. The minimum Gasteiger partial charge on any atom is -0.355 e. The molecule has 0 spiro atoms. The molecule has 0 radical (unpaired) electrons. The highest BCUT2D eigenvalue weighted by Crippen LogP contribution is 2.40. The van der Waals surface area contributed by atoms with Crippen LogP contribution in [0.3, 0.4) is 0 Å². The van der Waals surface area contributed by atoms with Crippen LogP contribution in [0.4, 0.5) is 0 Å². The quantitative estimate of drug-likeness (QED) is 0.375. The first-order valence-corrected chi connectivity index (χ1v) is 14.5. The predicted octanol–water partition coefficient (Wildman–Crippen LogP) is 7.34. The van der Waals surface area contributed by atoms with Crippen LogP contribution in [0.25, 0.3) is 29.4 Å². The van der Waals surface area contributed by atoms with Crippen molar-refractivity contribution in [2.24, 2.45) is 9.98 Å². The summed E-state index contributed by atoms with van der Waals surface area (Å²) in [7, 11) is 0. The summed E-state index contributed by atoms with van der Waals surface area (Å²) in [6.07, 6.45) is 15.8. The first kappa shape index (κ1) is 24.1. The van der Waals surface area contributed by atoms with E-state index in [1.807, 2.05) is 0 Å². The van der Waals surface area contributed by atoms with Crippen LogP contribution in [0.15, 0.2) is 86.1 Å². The molecule has 0 fully saturated rings. The number of aromatic amines is 1. The number of fused-ring (bicyclic) bond motifs is 11. The van der Waals surface area contributed by atoms with Gasteiger partial charge < -0.3 is 4.98 Å². The molecule has 3 aliphatic carbocycles. The van der Waals surface area contributed by atoms with Gasteiger partial charge in [-0.2, -0.15) is 0 Å². The molecule has 0 saturated carbocycles. The Balaban J connectivity index is 1.58. The Labute approximate surface area is 230 Å². The lowest BCUT2D eigenvalue weighted by molar-refractivity contribution is 0.698. The average molecular weight is 510 g/mol. The van der Waals surface area contributed by atoms with Crippen LogP contribution < -0.4 is 10.7 Å². The van der Waals surface area contributed by atoms with Gasteiger partial charge in [0.2, 0.25) is 0 Å². The standard InChI is InChI=1S/C36H35N3/c1-5-25-21(3)31-17-23-16-24(28-13-9-7-8-12-27(23)28)18-32-22(4)26(6-2)34(38-32)20-36-30-15-11-10-14-29(30)35(39-36)19-33(25)37-31/h7-9,12-13,16-20,37H,5-6,10-11,14-15H2,1-4H3. The third-order valence-corrected chi connectivity index (χ3v) is 8.99. The van der Waals surface area contributed by atoms with Crippen LogP contribution in [0.5, 0.6) is 0 Å². The number of aromatic nitrogens is 1. The largest absolute Gasteiger partial charge is 0.355 e. The van der Waals surface area contributed by atoms with Crippen LogP contribution in [-0.2, 0) is 6.42 Å². The van der Waals surface area contributed by atoms with E-state index in [-0.39, 0.29) is 0 Å². The van der Waals surface area contributed by atoms with Crippen molar-refractivity contribution in [1.29, 1.82) is 0 Å². The van der Waals surface area contributed by atoms with Crippen molar-refractivity contribution in [2.45, 2.75) is 66.2 Å². The van der Waals surface area contributed by atoms with E-state index in [1.165, 1.54) is 79.2 Å². The molecule has 1 aromatic rings. The molecule has 0 unspecified atom stereocenters. The lowest BCUT2D eigenvalue weighted by atomic mass is 9.89. The summed E-state index contributed by atoms with van der Waals surface area (Å²) in [5.74, 6) is 0. The number of H-pyrrole nitrogens is 1. The first-order valence-electron chi connectivity index (χ1n) is 14.5. The van der Waals surface area contributed by atoms with E-state index in [0.29, 0.717) is 0 Å². The van der Waals surface area contributed by atoms with Crippen molar-refractivity contribution < 1.29 is 0 Å². The second-order valence-corrected chi connectivity index (χ2v) is 11.2. The van der Waals surface area contributed by atoms with Gasteiger partial charge in [-0.25, -0.2) is 9.98 Å². The molecule has 8 bridgehead atoms. The van der Waals surface area contributed by atoms with Gasteiger partial charge in [0.05, 0.1) is 22.8 Å². The lowest BCUT2D eigenvalue weighted by Crippen LogP contribution is -2.15.